The molecule has 0 saturated carbocycles. The molecule has 1 N–H and O–H groups in total. The van der Waals surface area contributed by atoms with Crippen molar-refractivity contribution in [2.75, 3.05) is 25.1 Å². The van der Waals surface area contributed by atoms with E-state index in [1.165, 1.54) is 18.2 Å². The van der Waals surface area contributed by atoms with Gasteiger partial charge < -0.3 is 19.5 Å². The molecule has 0 aliphatic heterocycles. The molecule has 0 bridgehead atoms. The monoisotopic (exact) mass is 347 g/mol. The molecule has 132 valence electrons. The maximum absolute atomic E-state index is 13.3. The van der Waals surface area contributed by atoms with E-state index in [4.69, 9.17) is 14.2 Å². The summed E-state index contributed by atoms with van der Waals surface area (Å²) in [5.74, 6) is -1.22. The third-order valence-electron chi connectivity index (χ3n) is 3.00. The Morgan fingerprint density at radius 2 is 1.72 bits per heavy atom. The van der Waals surface area contributed by atoms with Gasteiger partial charge in [-0.05, 0) is 43.3 Å². The average molecular weight is 347 g/mol. The van der Waals surface area contributed by atoms with Gasteiger partial charge in [0.15, 0.2) is 24.8 Å². The lowest BCUT2D eigenvalue weighted by atomic mass is 10.3. The molecule has 0 saturated heterocycles. The first-order valence-electron chi connectivity index (χ1n) is 7.64. The summed E-state index contributed by atoms with van der Waals surface area (Å²) in [7, 11) is 0. The number of rotatable bonds is 8. The van der Waals surface area contributed by atoms with Gasteiger partial charge in [0.2, 0.25) is 0 Å². The fourth-order valence-corrected chi connectivity index (χ4v) is 1.88. The van der Waals surface area contributed by atoms with Crippen molar-refractivity contribution in [3.63, 3.8) is 0 Å². The SMILES string of the molecule is CCOc1ccc(NC(=O)COC(=O)COc2ccccc2F)cc1. The Kier molecular flexibility index (Phi) is 6.76. The Morgan fingerprint density at radius 3 is 2.40 bits per heavy atom. The molecule has 0 aromatic heterocycles. The molecule has 0 aliphatic carbocycles. The van der Waals surface area contributed by atoms with E-state index in [9.17, 15) is 14.0 Å². The largest absolute Gasteiger partial charge is 0.494 e. The lowest BCUT2D eigenvalue weighted by Gasteiger charge is -2.09. The molecule has 2 aromatic rings. The second-order valence-corrected chi connectivity index (χ2v) is 4.89. The third-order valence-corrected chi connectivity index (χ3v) is 3.00. The van der Waals surface area contributed by atoms with Crippen LogP contribution in [-0.4, -0.2) is 31.7 Å². The predicted octanol–water partition coefficient (Wildman–Crippen LogP) is 2.79. The van der Waals surface area contributed by atoms with E-state index >= 15 is 0 Å². The number of ether oxygens (including phenoxy) is 3. The molecule has 0 aliphatic rings. The zero-order valence-electron chi connectivity index (χ0n) is 13.7. The Morgan fingerprint density at radius 1 is 1.00 bits per heavy atom. The fourth-order valence-electron chi connectivity index (χ4n) is 1.88. The second-order valence-electron chi connectivity index (χ2n) is 4.89. The number of esters is 1. The minimum Gasteiger partial charge on any atom is -0.494 e. The molecule has 2 aromatic carbocycles. The van der Waals surface area contributed by atoms with Gasteiger partial charge in [-0.2, -0.15) is 0 Å². The van der Waals surface area contributed by atoms with Crippen molar-refractivity contribution < 1.29 is 28.2 Å². The molecule has 0 unspecified atom stereocenters. The Balaban J connectivity index is 1.72. The van der Waals surface area contributed by atoms with Gasteiger partial charge in [0, 0.05) is 5.69 Å². The van der Waals surface area contributed by atoms with Crippen molar-refractivity contribution in [2.45, 2.75) is 6.92 Å². The Labute approximate surface area is 144 Å². The maximum atomic E-state index is 13.3. The topological polar surface area (TPSA) is 73.9 Å². The minimum atomic E-state index is -0.773. The van der Waals surface area contributed by atoms with Crippen molar-refractivity contribution in [1.29, 1.82) is 0 Å². The van der Waals surface area contributed by atoms with Gasteiger partial charge in [-0.1, -0.05) is 12.1 Å². The van der Waals surface area contributed by atoms with Gasteiger partial charge in [-0.15, -0.1) is 0 Å². The number of carbonyl (C=O) groups is 2. The van der Waals surface area contributed by atoms with Crippen LogP contribution in [0.1, 0.15) is 6.92 Å². The minimum absolute atomic E-state index is 0.0571. The van der Waals surface area contributed by atoms with Crippen LogP contribution in [0.2, 0.25) is 0 Å². The number of amides is 1. The molecule has 0 fully saturated rings. The number of hydrogen-bond acceptors (Lipinski definition) is 5. The van der Waals surface area contributed by atoms with Gasteiger partial charge in [0.1, 0.15) is 5.75 Å². The van der Waals surface area contributed by atoms with E-state index in [2.05, 4.69) is 5.32 Å². The molecule has 0 heterocycles. The van der Waals surface area contributed by atoms with Crippen LogP contribution in [0.15, 0.2) is 48.5 Å². The summed E-state index contributed by atoms with van der Waals surface area (Å²) in [5, 5.41) is 2.58. The number of anilines is 1. The number of benzene rings is 2. The highest BCUT2D eigenvalue weighted by Crippen LogP contribution is 2.16. The van der Waals surface area contributed by atoms with Gasteiger partial charge >= 0.3 is 5.97 Å². The summed E-state index contributed by atoms with van der Waals surface area (Å²) < 4.78 is 28.4. The van der Waals surface area contributed by atoms with E-state index in [1.807, 2.05) is 6.92 Å². The first-order chi connectivity index (χ1) is 12.1. The van der Waals surface area contributed by atoms with Gasteiger partial charge in [0.05, 0.1) is 6.61 Å². The van der Waals surface area contributed by atoms with Crippen LogP contribution < -0.4 is 14.8 Å². The Hall–Kier alpha value is -3.09. The molecular formula is C18H18FNO5. The molecule has 0 atom stereocenters. The highest BCUT2D eigenvalue weighted by atomic mass is 19.1. The highest BCUT2D eigenvalue weighted by molar-refractivity contribution is 5.92. The fraction of sp³-hybridized carbons (Fsp3) is 0.222. The molecule has 0 radical (unpaired) electrons. The number of nitrogens with one attached hydrogen (secondary N) is 1. The molecule has 7 heteroatoms. The highest BCUT2D eigenvalue weighted by Gasteiger charge is 2.10. The Bertz CT molecular complexity index is 718. The number of hydrogen-bond donors (Lipinski definition) is 1. The molecular weight excluding hydrogens is 329 g/mol. The molecule has 0 spiro atoms. The zero-order valence-corrected chi connectivity index (χ0v) is 13.7. The van der Waals surface area contributed by atoms with E-state index in [0.29, 0.717) is 18.0 Å². The summed E-state index contributed by atoms with van der Waals surface area (Å²) in [6, 6.07) is 12.5. The van der Waals surface area contributed by atoms with Gasteiger partial charge in [-0.25, -0.2) is 9.18 Å². The summed E-state index contributed by atoms with van der Waals surface area (Å²) in [5.41, 5.74) is 0.548. The van der Waals surface area contributed by atoms with Gasteiger partial charge in [0.25, 0.3) is 5.91 Å². The summed E-state index contributed by atoms with van der Waals surface area (Å²) in [6.45, 7) is 1.47. The van der Waals surface area contributed by atoms with E-state index < -0.39 is 30.9 Å². The first-order valence-corrected chi connectivity index (χ1v) is 7.64. The van der Waals surface area contributed by atoms with Crippen LogP contribution in [0.3, 0.4) is 0 Å². The van der Waals surface area contributed by atoms with Crippen LogP contribution in [0.4, 0.5) is 10.1 Å². The lowest BCUT2D eigenvalue weighted by Crippen LogP contribution is -2.23. The van der Waals surface area contributed by atoms with Crippen LogP contribution in [0, 0.1) is 5.82 Å². The van der Waals surface area contributed by atoms with Crippen LogP contribution >= 0.6 is 0 Å². The van der Waals surface area contributed by atoms with Crippen LogP contribution in [0.25, 0.3) is 0 Å². The third kappa shape index (κ3) is 6.14. The van der Waals surface area contributed by atoms with E-state index in [-0.39, 0.29) is 5.75 Å². The quantitative estimate of drug-likeness (QED) is 0.743. The molecule has 2 rings (SSSR count). The van der Waals surface area contributed by atoms with Gasteiger partial charge in [-0.3, -0.25) is 4.79 Å². The number of halogens is 1. The maximum Gasteiger partial charge on any atom is 0.344 e. The average Bonchev–Trinajstić information content (AvgIpc) is 2.61. The zero-order chi connectivity index (χ0) is 18.1. The van der Waals surface area contributed by atoms with Crippen LogP contribution in [-0.2, 0) is 14.3 Å². The van der Waals surface area contributed by atoms with Crippen molar-refractivity contribution in [1.82, 2.24) is 0 Å². The van der Waals surface area contributed by atoms with Crippen molar-refractivity contribution in [2.24, 2.45) is 0 Å². The lowest BCUT2D eigenvalue weighted by molar-refractivity contribution is -0.149. The van der Waals surface area contributed by atoms with Crippen molar-refractivity contribution in [3.8, 4) is 11.5 Å². The predicted molar refractivity (Wildman–Crippen MR) is 89.1 cm³/mol. The van der Waals surface area contributed by atoms with E-state index in [1.54, 1.807) is 30.3 Å². The normalized spacial score (nSPS) is 10.0. The van der Waals surface area contributed by atoms with Crippen LogP contribution in [0.5, 0.6) is 11.5 Å². The van der Waals surface area contributed by atoms with Crippen molar-refractivity contribution in [3.05, 3.63) is 54.3 Å². The first kappa shape index (κ1) is 18.3. The molecule has 25 heavy (non-hydrogen) atoms. The van der Waals surface area contributed by atoms with E-state index in [0.717, 1.165) is 0 Å². The summed E-state index contributed by atoms with van der Waals surface area (Å²) in [6.07, 6.45) is 0. The molecule has 6 nitrogen and oxygen atoms in total. The standard InChI is InChI=1S/C18H18FNO5/c1-2-23-14-9-7-13(8-10-14)20-17(21)11-25-18(22)12-24-16-6-4-3-5-15(16)19/h3-10H,2,11-12H2,1H3,(H,20,21). The second kappa shape index (κ2) is 9.27. The molecule has 1 amide bonds. The number of para-hydroxylation sites is 1. The van der Waals surface area contributed by atoms with Crippen molar-refractivity contribution >= 4 is 17.6 Å². The summed E-state index contributed by atoms with van der Waals surface area (Å²) in [4.78, 5) is 23.3. The number of carbonyl (C=O) groups excluding carboxylic acids is 2. The summed E-state index contributed by atoms with van der Waals surface area (Å²) >= 11 is 0. The smallest absolute Gasteiger partial charge is 0.344 e.